The molecule has 13 heteroatoms. The lowest BCUT2D eigenvalue weighted by Gasteiger charge is -2.29. The molecule has 1 N–H and O–H groups in total. The predicted octanol–water partition coefficient (Wildman–Crippen LogP) is 7.49. The van der Waals surface area contributed by atoms with E-state index in [1.807, 2.05) is 42.5 Å². The van der Waals surface area contributed by atoms with E-state index in [2.05, 4.69) is 24.6 Å². The molecular weight excluding hydrogens is 783 g/mol. The number of fused-ring (bicyclic) bond motifs is 4. The smallest absolute Gasteiger partial charge is 0.306 e. The molecule has 8 rings (SSSR count). The monoisotopic (exact) mass is 841 g/mol. The van der Waals surface area contributed by atoms with Crippen LogP contribution in [0.2, 0.25) is 0 Å². The first kappa shape index (κ1) is 42.2. The first-order valence-electron chi connectivity index (χ1n) is 22.0. The van der Waals surface area contributed by atoms with Crippen molar-refractivity contribution in [2.75, 3.05) is 20.3 Å². The fourth-order valence-corrected chi connectivity index (χ4v) is 11.2. The predicted molar refractivity (Wildman–Crippen MR) is 227 cm³/mol. The lowest BCUT2D eigenvalue weighted by Crippen LogP contribution is -2.46. The number of methoxy groups -OCH3 is 1. The van der Waals surface area contributed by atoms with Gasteiger partial charge in [0.2, 0.25) is 21.8 Å². The second-order valence-electron chi connectivity index (χ2n) is 18.8. The van der Waals surface area contributed by atoms with Crippen LogP contribution in [0.5, 0.6) is 11.5 Å². The zero-order valence-electron chi connectivity index (χ0n) is 35.2. The van der Waals surface area contributed by atoms with E-state index >= 15 is 0 Å². The average Bonchev–Trinajstić information content (AvgIpc) is 4.15. The molecule has 4 fully saturated rings. The molecular formula is C47H59N3O9S. The Hall–Kier alpha value is -4.52. The van der Waals surface area contributed by atoms with Gasteiger partial charge in [0.15, 0.2) is 5.78 Å². The van der Waals surface area contributed by atoms with Crippen LogP contribution in [0.4, 0.5) is 0 Å². The summed E-state index contributed by atoms with van der Waals surface area (Å²) in [6.45, 7) is 4.46. The normalized spacial score (nSPS) is 28.1. The summed E-state index contributed by atoms with van der Waals surface area (Å²) in [5.41, 5.74) is 1.78. The maximum absolute atomic E-state index is 14.9. The van der Waals surface area contributed by atoms with Crippen molar-refractivity contribution < 1.29 is 41.8 Å². The Labute approximate surface area is 353 Å². The van der Waals surface area contributed by atoms with Crippen LogP contribution in [0.3, 0.4) is 0 Å². The molecule has 0 spiro atoms. The van der Waals surface area contributed by atoms with Gasteiger partial charge >= 0.3 is 5.97 Å². The number of rotatable bonds is 5. The Morgan fingerprint density at radius 2 is 1.70 bits per heavy atom. The second-order valence-corrected chi connectivity index (χ2v) is 20.8. The van der Waals surface area contributed by atoms with Crippen LogP contribution in [-0.4, -0.2) is 79.5 Å². The number of Topliss-reactive ketones (excluding diaryl/α,β-unsaturated/α-hetero) is 1. The number of ether oxygens (including phenoxy) is 3. The van der Waals surface area contributed by atoms with Gasteiger partial charge in [-0.3, -0.25) is 23.9 Å². The van der Waals surface area contributed by atoms with Crippen molar-refractivity contribution in [3.8, 4) is 22.8 Å². The SMILES string of the molecule is COc1cc2nc(-c3ccccc3)cc3c2cc1CCCC(C)(C)COC(=O)C[C@H]1CCCCCCC[C@H]2C[C@@]2(C(=O)NS(=O)(=O)C2CC2)CC(=O)[C@@H]2C[C@H](CN2C1=O)O3. The highest BCUT2D eigenvalue weighted by Gasteiger charge is 2.62. The molecule has 1 aromatic heterocycles. The van der Waals surface area contributed by atoms with Crippen LogP contribution in [0, 0.1) is 22.7 Å². The zero-order chi connectivity index (χ0) is 42.2. The number of benzene rings is 2. The number of pyridine rings is 1. The Morgan fingerprint density at radius 3 is 2.45 bits per heavy atom. The van der Waals surface area contributed by atoms with Crippen molar-refractivity contribution in [2.45, 2.75) is 134 Å². The maximum atomic E-state index is 14.9. The Morgan fingerprint density at radius 1 is 0.950 bits per heavy atom. The summed E-state index contributed by atoms with van der Waals surface area (Å²) in [7, 11) is -2.18. The summed E-state index contributed by atoms with van der Waals surface area (Å²) < 4.78 is 47.1. The number of aromatic nitrogens is 1. The van der Waals surface area contributed by atoms with Crippen LogP contribution < -0.4 is 14.2 Å². The van der Waals surface area contributed by atoms with Gasteiger partial charge in [-0.15, -0.1) is 0 Å². The van der Waals surface area contributed by atoms with Gasteiger partial charge in [-0.2, -0.15) is 0 Å². The summed E-state index contributed by atoms with van der Waals surface area (Å²) in [6.07, 6.45) is 8.58. The zero-order valence-corrected chi connectivity index (χ0v) is 36.0. The summed E-state index contributed by atoms with van der Waals surface area (Å²) in [6, 6.07) is 14.8. The number of ketones is 1. The molecule has 0 unspecified atom stereocenters. The standard InChI is InChI=1S/C47H59N3O9S/c1-46(2)20-12-16-31-21-36-38(25-41(31)57-3)48-37(30-13-9-7-10-14-30)24-42(36)59-34-23-39-40(51)27-47(45(54)49-60(55,56)35-18-19-35)26-33(47)17-11-6-4-5-8-15-32(22-43(52)58-29-46)44(53)50(39)28-34/h7,9-10,13-14,21,24-25,32-35,39H,4-6,8,11-12,15-20,22-23,26-29H2,1-3H3,(H,49,54)/t32-,33+,34-,39+,47-/m1/s1. The highest BCUT2D eigenvalue weighted by atomic mass is 32.2. The quantitative estimate of drug-likeness (QED) is 0.255. The molecule has 2 amide bonds. The minimum atomic E-state index is -3.83. The number of cyclic esters (lactones) is 1. The number of sulfonamides is 1. The summed E-state index contributed by atoms with van der Waals surface area (Å²) >= 11 is 0. The number of hydrogen-bond donors (Lipinski definition) is 1. The van der Waals surface area contributed by atoms with Gasteiger partial charge in [0.05, 0.1) is 54.6 Å². The van der Waals surface area contributed by atoms with E-state index in [-0.39, 0.29) is 55.4 Å². The number of nitrogens with zero attached hydrogens (tertiary/aromatic N) is 2. The van der Waals surface area contributed by atoms with E-state index in [1.54, 1.807) is 12.0 Å². The molecule has 2 saturated carbocycles. The highest BCUT2D eigenvalue weighted by Crippen LogP contribution is 2.59. The molecule has 2 saturated heterocycles. The minimum absolute atomic E-state index is 0.0972. The lowest BCUT2D eigenvalue weighted by atomic mass is 9.87. The molecule has 2 aliphatic carbocycles. The summed E-state index contributed by atoms with van der Waals surface area (Å²) in [5, 5.41) is 0.207. The van der Waals surface area contributed by atoms with Crippen molar-refractivity contribution in [2.24, 2.45) is 22.7 Å². The topological polar surface area (TPSA) is 158 Å². The first-order valence-corrected chi connectivity index (χ1v) is 23.6. The lowest BCUT2D eigenvalue weighted by molar-refractivity contribution is -0.152. The third-order valence-electron chi connectivity index (χ3n) is 13.6. The van der Waals surface area contributed by atoms with Crippen molar-refractivity contribution in [3.05, 3.63) is 54.1 Å². The Kier molecular flexibility index (Phi) is 12.0. The fourth-order valence-electron chi connectivity index (χ4n) is 9.80. The van der Waals surface area contributed by atoms with Crippen molar-refractivity contribution in [1.82, 2.24) is 14.6 Å². The molecule has 0 radical (unpaired) electrons. The number of carbonyl (C=O) groups is 4. The van der Waals surface area contributed by atoms with Gasteiger partial charge in [-0.25, -0.2) is 13.4 Å². The second kappa shape index (κ2) is 17.1. The van der Waals surface area contributed by atoms with E-state index in [4.69, 9.17) is 19.2 Å². The van der Waals surface area contributed by atoms with Crippen LogP contribution in [0.15, 0.2) is 48.5 Å². The van der Waals surface area contributed by atoms with E-state index in [9.17, 15) is 27.6 Å². The van der Waals surface area contributed by atoms with E-state index in [0.29, 0.717) is 54.8 Å². The number of esters is 1. The third-order valence-corrected chi connectivity index (χ3v) is 15.4. The van der Waals surface area contributed by atoms with Crippen molar-refractivity contribution in [1.29, 1.82) is 0 Å². The first-order chi connectivity index (χ1) is 28.7. The minimum Gasteiger partial charge on any atom is -0.496 e. The summed E-state index contributed by atoms with van der Waals surface area (Å²) in [5.74, 6) is -1.19. The van der Waals surface area contributed by atoms with Gasteiger partial charge in [-0.1, -0.05) is 76.3 Å². The molecule has 4 heterocycles. The molecule has 12 nitrogen and oxygen atoms in total. The fraction of sp³-hybridized carbons (Fsp3) is 0.596. The van der Waals surface area contributed by atoms with Gasteiger partial charge in [0.25, 0.3) is 0 Å². The summed E-state index contributed by atoms with van der Waals surface area (Å²) in [4.78, 5) is 63.9. The highest BCUT2D eigenvalue weighted by molar-refractivity contribution is 7.90. The average molecular weight is 842 g/mol. The van der Waals surface area contributed by atoms with Gasteiger partial charge in [-0.05, 0) is 74.3 Å². The van der Waals surface area contributed by atoms with Crippen LogP contribution >= 0.6 is 0 Å². The molecule has 5 atom stereocenters. The van der Waals surface area contributed by atoms with Crippen LogP contribution in [-0.2, 0) is 40.4 Å². The van der Waals surface area contributed by atoms with Crippen LogP contribution in [0.1, 0.15) is 116 Å². The van der Waals surface area contributed by atoms with E-state index < -0.39 is 50.6 Å². The number of amides is 2. The molecule has 60 heavy (non-hydrogen) atoms. The molecule has 5 bridgehead atoms. The molecule has 3 aliphatic heterocycles. The number of nitrogens with one attached hydrogen (secondary N) is 1. The molecule has 2 aromatic carbocycles. The van der Waals surface area contributed by atoms with Gasteiger partial charge < -0.3 is 19.1 Å². The van der Waals surface area contributed by atoms with Gasteiger partial charge in [0.1, 0.15) is 17.6 Å². The number of aryl methyl sites for hydroxylation is 1. The van der Waals surface area contributed by atoms with E-state index in [1.165, 1.54) is 0 Å². The van der Waals surface area contributed by atoms with Crippen molar-refractivity contribution in [3.63, 3.8) is 0 Å². The van der Waals surface area contributed by atoms with Crippen molar-refractivity contribution >= 4 is 44.5 Å². The number of hydrogen-bond acceptors (Lipinski definition) is 10. The van der Waals surface area contributed by atoms with Gasteiger partial charge in [0, 0.05) is 41.8 Å². The third kappa shape index (κ3) is 9.21. The number of carbonyl (C=O) groups excluding carboxylic acids is 4. The molecule has 5 aliphatic rings. The van der Waals surface area contributed by atoms with E-state index in [0.717, 1.165) is 67.9 Å². The molecule has 322 valence electrons. The van der Waals surface area contributed by atoms with Crippen LogP contribution in [0.25, 0.3) is 22.2 Å². The Bertz CT molecular complexity index is 2240. The largest absolute Gasteiger partial charge is 0.496 e. The maximum Gasteiger partial charge on any atom is 0.306 e. The molecule has 3 aromatic rings. The Balaban J connectivity index is 1.19.